The lowest BCUT2D eigenvalue weighted by Crippen LogP contribution is -2.65. The molecule has 0 aromatic heterocycles. The summed E-state index contributed by atoms with van der Waals surface area (Å²) in [6, 6.07) is 0. The predicted octanol–water partition coefficient (Wildman–Crippen LogP) is 1.44. The van der Waals surface area contributed by atoms with Crippen molar-refractivity contribution in [1.82, 2.24) is 0 Å². The number of Topliss-reactive ketones (excluding diaryl/α,β-unsaturated/α-hetero) is 2. The molecule has 0 radical (unpaired) electrons. The van der Waals surface area contributed by atoms with Gasteiger partial charge in [-0.3, -0.25) is 19.2 Å². The van der Waals surface area contributed by atoms with Gasteiger partial charge in [0.2, 0.25) is 0 Å². The van der Waals surface area contributed by atoms with Crippen molar-refractivity contribution in [2.75, 3.05) is 0 Å². The van der Waals surface area contributed by atoms with E-state index in [9.17, 15) is 19.2 Å². The van der Waals surface area contributed by atoms with Crippen LogP contribution in [-0.2, 0) is 28.7 Å². The predicted molar refractivity (Wildman–Crippen MR) is 75.7 cm³/mol. The summed E-state index contributed by atoms with van der Waals surface area (Å²) < 4.78 is 10.6. The minimum atomic E-state index is -1.56. The number of esters is 2. The largest absolute Gasteiger partial charge is 0.460 e. The first-order valence-corrected chi connectivity index (χ1v) is 7.46. The lowest BCUT2D eigenvalue weighted by atomic mass is 9.59. The number of rotatable bonds is 3. The Balaban J connectivity index is 2.32. The van der Waals surface area contributed by atoms with Gasteiger partial charge in [0.05, 0.1) is 12.3 Å². The van der Waals surface area contributed by atoms with E-state index in [0.29, 0.717) is 0 Å². The van der Waals surface area contributed by atoms with E-state index in [1.54, 1.807) is 27.7 Å². The van der Waals surface area contributed by atoms with Gasteiger partial charge in [0.25, 0.3) is 0 Å². The van der Waals surface area contributed by atoms with Gasteiger partial charge in [-0.1, -0.05) is 6.92 Å². The van der Waals surface area contributed by atoms with E-state index in [2.05, 4.69) is 0 Å². The Morgan fingerprint density at radius 1 is 1.32 bits per heavy atom. The summed E-state index contributed by atoms with van der Waals surface area (Å²) in [6.07, 6.45) is -0.386. The number of carbonyl (C=O) groups excluding carboxylic acids is 4. The molecule has 2 saturated heterocycles. The molecule has 2 bridgehead atoms. The topological polar surface area (TPSA) is 86.7 Å². The summed E-state index contributed by atoms with van der Waals surface area (Å²) in [4.78, 5) is 48.5. The highest BCUT2D eigenvalue weighted by Gasteiger charge is 2.64. The van der Waals surface area contributed by atoms with Crippen molar-refractivity contribution in [2.24, 2.45) is 17.8 Å². The summed E-state index contributed by atoms with van der Waals surface area (Å²) >= 11 is 0. The van der Waals surface area contributed by atoms with E-state index in [0.717, 1.165) is 0 Å². The molecule has 6 heteroatoms. The van der Waals surface area contributed by atoms with Gasteiger partial charge in [-0.2, -0.15) is 0 Å². The van der Waals surface area contributed by atoms with Crippen molar-refractivity contribution in [1.29, 1.82) is 0 Å². The van der Waals surface area contributed by atoms with Crippen LogP contribution in [0.25, 0.3) is 0 Å². The van der Waals surface area contributed by atoms with Gasteiger partial charge in [0, 0.05) is 18.3 Å². The highest BCUT2D eigenvalue weighted by atomic mass is 16.6. The maximum Gasteiger partial charge on any atom is 0.311 e. The fraction of sp³-hybridized carbons (Fsp3) is 0.750. The minimum Gasteiger partial charge on any atom is -0.460 e. The molecule has 3 fully saturated rings. The lowest BCUT2D eigenvalue weighted by molar-refractivity contribution is -0.214. The molecule has 1 saturated carbocycles. The van der Waals surface area contributed by atoms with Crippen molar-refractivity contribution in [3.63, 3.8) is 0 Å². The van der Waals surface area contributed by atoms with Crippen LogP contribution in [0.15, 0.2) is 0 Å². The number of fused-ring (bicyclic) bond motifs is 3. The third kappa shape index (κ3) is 2.66. The van der Waals surface area contributed by atoms with Gasteiger partial charge in [-0.25, -0.2) is 0 Å². The maximum absolute atomic E-state index is 12.4. The fourth-order valence-corrected chi connectivity index (χ4v) is 3.55. The van der Waals surface area contributed by atoms with Crippen LogP contribution in [0, 0.1) is 17.8 Å². The molecule has 0 unspecified atom stereocenters. The van der Waals surface area contributed by atoms with Crippen LogP contribution in [0.3, 0.4) is 0 Å². The van der Waals surface area contributed by atoms with Crippen LogP contribution in [0.5, 0.6) is 0 Å². The van der Waals surface area contributed by atoms with Crippen molar-refractivity contribution in [3.8, 4) is 0 Å². The average molecular weight is 310 g/mol. The third-order valence-corrected chi connectivity index (χ3v) is 4.47. The number of carbonyl (C=O) groups is 4. The Labute approximate surface area is 129 Å². The molecule has 1 aliphatic carbocycles. The Kier molecular flexibility index (Phi) is 3.92. The molecule has 3 aliphatic rings. The van der Waals surface area contributed by atoms with Gasteiger partial charge in [-0.15, -0.1) is 0 Å². The van der Waals surface area contributed by atoms with Gasteiger partial charge < -0.3 is 9.47 Å². The molecule has 6 nitrogen and oxygen atoms in total. The second kappa shape index (κ2) is 5.18. The average Bonchev–Trinajstić information content (AvgIpc) is 2.30. The summed E-state index contributed by atoms with van der Waals surface area (Å²) in [5.74, 6) is -3.46. The van der Waals surface area contributed by atoms with E-state index >= 15 is 0 Å². The zero-order valence-corrected chi connectivity index (χ0v) is 13.6. The SMILES string of the molecule is CC(=O)[C@H]1[C@@H]2CC(=O)[C@@](CC(=O)OC(C)(C)C)(OC2=O)[C@@H]1C. The molecular formula is C16H22O6. The third-order valence-electron chi connectivity index (χ3n) is 4.47. The summed E-state index contributed by atoms with van der Waals surface area (Å²) in [5.41, 5.74) is -2.26. The Morgan fingerprint density at radius 2 is 1.91 bits per heavy atom. The molecule has 0 aromatic rings. The second-order valence-electron chi connectivity index (χ2n) is 7.23. The first-order valence-electron chi connectivity index (χ1n) is 7.46. The van der Waals surface area contributed by atoms with Crippen LogP contribution >= 0.6 is 0 Å². The second-order valence-corrected chi connectivity index (χ2v) is 7.23. The fourth-order valence-electron chi connectivity index (χ4n) is 3.55. The number of ether oxygens (including phenoxy) is 2. The molecule has 22 heavy (non-hydrogen) atoms. The van der Waals surface area contributed by atoms with Crippen LogP contribution < -0.4 is 0 Å². The van der Waals surface area contributed by atoms with Crippen LogP contribution in [0.1, 0.15) is 47.5 Å². The zero-order valence-electron chi connectivity index (χ0n) is 13.6. The van der Waals surface area contributed by atoms with Crippen molar-refractivity contribution >= 4 is 23.5 Å². The highest BCUT2D eigenvalue weighted by Crippen LogP contribution is 2.49. The Bertz CT molecular complexity index is 543. The molecule has 0 N–H and O–H groups in total. The Morgan fingerprint density at radius 3 is 2.41 bits per heavy atom. The molecule has 3 rings (SSSR count). The highest BCUT2D eigenvalue weighted by molar-refractivity contribution is 6.03. The zero-order chi connectivity index (χ0) is 16.9. The first-order chi connectivity index (χ1) is 9.98. The summed E-state index contributed by atoms with van der Waals surface area (Å²) in [5, 5.41) is 0. The van der Waals surface area contributed by atoms with E-state index in [1.807, 2.05) is 0 Å². The Hall–Kier alpha value is -1.72. The normalized spacial score (nSPS) is 34.3. The quantitative estimate of drug-likeness (QED) is 0.733. The number of ketones is 2. The molecule has 2 heterocycles. The van der Waals surface area contributed by atoms with Crippen LogP contribution in [-0.4, -0.2) is 34.7 Å². The molecule has 2 aliphatic heterocycles. The molecule has 0 spiro atoms. The van der Waals surface area contributed by atoms with E-state index in [1.165, 1.54) is 6.92 Å². The monoisotopic (exact) mass is 310 g/mol. The molecular weight excluding hydrogens is 288 g/mol. The lowest BCUT2D eigenvalue weighted by Gasteiger charge is -2.51. The van der Waals surface area contributed by atoms with Gasteiger partial charge in [0.1, 0.15) is 11.4 Å². The molecule has 122 valence electrons. The molecule has 0 amide bonds. The van der Waals surface area contributed by atoms with E-state index in [-0.39, 0.29) is 24.4 Å². The van der Waals surface area contributed by atoms with Crippen molar-refractivity contribution < 1.29 is 28.7 Å². The van der Waals surface area contributed by atoms with Gasteiger partial charge in [0.15, 0.2) is 11.4 Å². The first kappa shape index (κ1) is 16.6. The van der Waals surface area contributed by atoms with Gasteiger partial charge >= 0.3 is 11.9 Å². The molecule has 4 atom stereocenters. The van der Waals surface area contributed by atoms with Crippen LogP contribution in [0.4, 0.5) is 0 Å². The standard InChI is InChI=1S/C16H22O6/c1-8-13(9(2)17)10-6-11(18)16(8,22-14(10)20)7-12(19)21-15(3,4)5/h8,10,13H,6-7H2,1-5H3/t8-,10+,13+,16+/m1/s1. The number of hydrogen-bond acceptors (Lipinski definition) is 6. The minimum absolute atomic E-state index is 0.0454. The maximum atomic E-state index is 12.4. The van der Waals surface area contributed by atoms with Gasteiger partial charge in [-0.05, 0) is 27.7 Å². The summed E-state index contributed by atoms with van der Waals surface area (Å²) in [7, 11) is 0. The van der Waals surface area contributed by atoms with Crippen molar-refractivity contribution in [2.45, 2.75) is 58.7 Å². The van der Waals surface area contributed by atoms with Crippen LogP contribution in [0.2, 0.25) is 0 Å². The summed E-state index contributed by atoms with van der Waals surface area (Å²) in [6.45, 7) is 8.25. The molecule has 0 aromatic carbocycles. The number of hydrogen-bond donors (Lipinski definition) is 0. The smallest absolute Gasteiger partial charge is 0.311 e. The van der Waals surface area contributed by atoms with E-state index in [4.69, 9.17) is 9.47 Å². The van der Waals surface area contributed by atoms with Crippen molar-refractivity contribution in [3.05, 3.63) is 0 Å². The van der Waals surface area contributed by atoms with E-state index < -0.39 is 40.9 Å².